The lowest BCUT2D eigenvalue weighted by molar-refractivity contribution is 0.0999. The van der Waals surface area contributed by atoms with E-state index in [0.29, 0.717) is 5.56 Å². The molecule has 0 aromatic heterocycles. The van der Waals surface area contributed by atoms with Gasteiger partial charge in [0.2, 0.25) is 5.91 Å². The number of benzene rings is 1. The van der Waals surface area contributed by atoms with Gasteiger partial charge in [-0.05, 0) is 46.0 Å². The minimum atomic E-state index is -0.403. The van der Waals surface area contributed by atoms with Gasteiger partial charge in [0.05, 0.1) is 5.56 Å². The second-order valence-electron chi connectivity index (χ2n) is 3.50. The number of fused-ring (bicyclic) bond motifs is 1. The molecule has 4 heteroatoms. The Morgan fingerprint density at radius 2 is 2.21 bits per heavy atom. The third-order valence-electron chi connectivity index (χ3n) is 2.65. The van der Waals surface area contributed by atoms with Crippen LogP contribution in [0.4, 0.5) is 0 Å². The van der Waals surface area contributed by atoms with Crippen molar-refractivity contribution in [3.63, 3.8) is 0 Å². The maximum atomic E-state index is 11.1. The summed E-state index contributed by atoms with van der Waals surface area (Å²) in [5.41, 5.74) is 13.9. The molecule has 1 aromatic rings. The molecule has 1 atom stereocenters. The third kappa shape index (κ3) is 1.35. The van der Waals surface area contributed by atoms with E-state index >= 15 is 0 Å². The Bertz CT molecular complexity index is 403. The van der Waals surface area contributed by atoms with Crippen LogP contribution in [0.5, 0.6) is 0 Å². The number of hydrogen-bond acceptors (Lipinski definition) is 2. The molecule has 3 nitrogen and oxygen atoms in total. The number of carbonyl (C=O) groups is 1. The van der Waals surface area contributed by atoms with Gasteiger partial charge in [-0.2, -0.15) is 0 Å². The van der Waals surface area contributed by atoms with Crippen LogP contribution in [0.2, 0.25) is 0 Å². The molecule has 0 bridgehead atoms. The van der Waals surface area contributed by atoms with Crippen molar-refractivity contribution in [2.75, 3.05) is 0 Å². The minimum absolute atomic E-state index is 0.100. The van der Waals surface area contributed by atoms with Gasteiger partial charge < -0.3 is 11.5 Å². The first kappa shape index (κ1) is 9.68. The molecule has 74 valence electrons. The summed E-state index contributed by atoms with van der Waals surface area (Å²) in [6.07, 6.45) is 1.86. The Morgan fingerprint density at radius 3 is 2.86 bits per heavy atom. The van der Waals surface area contributed by atoms with Crippen LogP contribution in [0.1, 0.15) is 33.9 Å². The van der Waals surface area contributed by atoms with Gasteiger partial charge in [0, 0.05) is 10.5 Å². The first-order valence-corrected chi connectivity index (χ1v) is 5.27. The Kier molecular flexibility index (Phi) is 2.33. The highest BCUT2D eigenvalue weighted by atomic mass is 79.9. The summed E-state index contributed by atoms with van der Waals surface area (Å²) < 4.78 is 0.815. The highest BCUT2D eigenvalue weighted by Crippen LogP contribution is 2.36. The van der Waals surface area contributed by atoms with Gasteiger partial charge in [-0.25, -0.2) is 0 Å². The topological polar surface area (TPSA) is 69.1 Å². The number of nitrogens with two attached hydrogens (primary N) is 2. The summed E-state index contributed by atoms with van der Waals surface area (Å²) in [6.45, 7) is 0. The zero-order chi connectivity index (χ0) is 10.3. The highest BCUT2D eigenvalue weighted by Gasteiger charge is 2.23. The molecule has 1 amide bonds. The third-order valence-corrected chi connectivity index (χ3v) is 3.56. The Balaban J connectivity index is 2.58. The molecule has 0 heterocycles. The van der Waals surface area contributed by atoms with Crippen molar-refractivity contribution in [2.45, 2.75) is 18.9 Å². The van der Waals surface area contributed by atoms with E-state index in [1.54, 1.807) is 6.07 Å². The van der Waals surface area contributed by atoms with Crippen molar-refractivity contribution in [2.24, 2.45) is 11.5 Å². The van der Waals surface area contributed by atoms with Gasteiger partial charge in [0.1, 0.15) is 0 Å². The fraction of sp³-hybridized carbons (Fsp3) is 0.300. The Hall–Kier alpha value is -0.870. The molecule has 1 aromatic carbocycles. The van der Waals surface area contributed by atoms with E-state index in [9.17, 15) is 4.79 Å². The first-order chi connectivity index (χ1) is 6.61. The second kappa shape index (κ2) is 3.37. The smallest absolute Gasteiger partial charge is 0.249 e. The first-order valence-electron chi connectivity index (χ1n) is 4.48. The Morgan fingerprint density at radius 1 is 1.50 bits per heavy atom. The lowest BCUT2D eigenvalue weighted by Crippen LogP contribution is -2.13. The summed E-state index contributed by atoms with van der Waals surface area (Å²) in [4.78, 5) is 11.1. The van der Waals surface area contributed by atoms with Crippen LogP contribution in [0.3, 0.4) is 0 Å². The SMILES string of the molecule is NC(=O)c1ccc2c(c1Br)CC[C@@H]2N. The van der Waals surface area contributed by atoms with Crippen molar-refractivity contribution in [1.29, 1.82) is 0 Å². The van der Waals surface area contributed by atoms with Gasteiger partial charge in [-0.1, -0.05) is 6.07 Å². The molecule has 4 N–H and O–H groups in total. The lowest BCUT2D eigenvalue weighted by atomic mass is 10.0. The predicted octanol–water partition coefficient (Wildman–Crippen LogP) is 1.49. The normalized spacial score (nSPS) is 19.4. The molecule has 0 saturated heterocycles. The zero-order valence-electron chi connectivity index (χ0n) is 7.59. The number of halogens is 1. The number of hydrogen-bond donors (Lipinski definition) is 2. The summed E-state index contributed by atoms with van der Waals surface area (Å²) >= 11 is 3.40. The molecule has 2 rings (SSSR count). The monoisotopic (exact) mass is 254 g/mol. The molecule has 0 fully saturated rings. The van der Waals surface area contributed by atoms with E-state index in [0.717, 1.165) is 28.4 Å². The largest absolute Gasteiger partial charge is 0.366 e. The Labute approximate surface area is 90.6 Å². The van der Waals surface area contributed by atoms with Crippen molar-refractivity contribution >= 4 is 21.8 Å². The van der Waals surface area contributed by atoms with E-state index in [2.05, 4.69) is 15.9 Å². The predicted molar refractivity (Wildman–Crippen MR) is 57.9 cm³/mol. The summed E-state index contributed by atoms with van der Waals surface area (Å²) in [5.74, 6) is -0.403. The standard InChI is InChI=1S/C10H11BrN2O/c11-9-6-3-4-8(12)5(6)1-2-7(9)10(13)14/h1-2,8H,3-4,12H2,(H2,13,14)/t8-/m0/s1. The fourth-order valence-electron chi connectivity index (χ4n) is 1.88. The molecule has 0 unspecified atom stereocenters. The van der Waals surface area contributed by atoms with E-state index in [1.807, 2.05) is 6.07 Å². The van der Waals surface area contributed by atoms with Gasteiger partial charge in [-0.3, -0.25) is 4.79 Å². The lowest BCUT2D eigenvalue weighted by Gasteiger charge is -2.08. The quantitative estimate of drug-likeness (QED) is 0.798. The van der Waals surface area contributed by atoms with Crippen LogP contribution in [0.15, 0.2) is 16.6 Å². The summed E-state index contributed by atoms with van der Waals surface area (Å²) in [5, 5.41) is 0. The van der Waals surface area contributed by atoms with E-state index in [1.165, 1.54) is 0 Å². The molecule has 14 heavy (non-hydrogen) atoms. The van der Waals surface area contributed by atoms with Crippen molar-refractivity contribution in [3.8, 4) is 0 Å². The van der Waals surface area contributed by atoms with Crippen molar-refractivity contribution in [3.05, 3.63) is 33.3 Å². The van der Waals surface area contributed by atoms with E-state index < -0.39 is 5.91 Å². The van der Waals surface area contributed by atoms with Crippen molar-refractivity contribution in [1.82, 2.24) is 0 Å². The van der Waals surface area contributed by atoms with Crippen LogP contribution >= 0.6 is 15.9 Å². The summed E-state index contributed by atoms with van der Waals surface area (Å²) in [6, 6.07) is 3.73. The summed E-state index contributed by atoms with van der Waals surface area (Å²) in [7, 11) is 0. The highest BCUT2D eigenvalue weighted by molar-refractivity contribution is 9.10. The maximum Gasteiger partial charge on any atom is 0.249 e. The second-order valence-corrected chi connectivity index (χ2v) is 4.30. The molecule has 1 aliphatic carbocycles. The average Bonchev–Trinajstić information content (AvgIpc) is 2.49. The molecule has 0 aliphatic heterocycles. The number of rotatable bonds is 1. The van der Waals surface area contributed by atoms with Crippen LogP contribution < -0.4 is 11.5 Å². The molecule has 0 spiro atoms. The molecule has 0 saturated carbocycles. The van der Waals surface area contributed by atoms with Crippen LogP contribution in [0, 0.1) is 0 Å². The minimum Gasteiger partial charge on any atom is -0.366 e. The van der Waals surface area contributed by atoms with Gasteiger partial charge in [-0.15, -0.1) is 0 Å². The number of carbonyl (C=O) groups excluding carboxylic acids is 1. The number of primary amides is 1. The zero-order valence-corrected chi connectivity index (χ0v) is 9.17. The molecular formula is C10H11BrN2O. The fourth-order valence-corrected chi connectivity index (χ4v) is 2.64. The molecule has 1 aliphatic rings. The van der Waals surface area contributed by atoms with Crippen molar-refractivity contribution < 1.29 is 4.79 Å². The maximum absolute atomic E-state index is 11.1. The van der Waals surface area contributed by atoms with Crippen LogP contribution in [-0.2, 0) is 6.42 Å². The van der Waals surface area contributed by atoms with Crippen LogP contribution in [-0.4, -0.2) is 5.91 Å². The van der Waals surface area contributed by atoms with E-state index in [4.69, 9.17) is 11.5 Å². The van der Waals surface area contributed by atoms with Gasteiger partial charge in [0.15, 0.2) is 0 Å². The van der Waals surface area contributed by atoms with Gasteiger partial charge >= 0.3 is 0 Å². The van der Waals surface area contributed by atoms with Crippen LogP contribution in [0.25, 0.3) is 0 Å². The molecule has 0 radical (unpaired) electrons. The van der Waals surface area contributed by atoms with E-state index in [-0.39, 0.29) is 6.04 Å². The van der Waals surface area contributed by atoms with Gasteiger partial charge in [0.25, 0.3) is 0 Å². The molecular weight excluding hydrogens is 244 g/mol. The average molecular weight is 255 g/mol. The number of amides is 1.